The van der Waals surface area contributed by atoms with Crippen LogP contribution in [-0.2, 0) is 20.8 Å². The van der Waals surface area contributed by atoms with E-state index < -0.39 is 11.5 Å². The maximum atomic E-state index is 13.5. The van der Waals surface area contributed by atoms with E-state index in [-0.39, 0.29) is 23.2 Å². The Kier molecular flexibility index (Phi) is 12.8. The Hall–Kier alpha value is -2.48. The van der Waals surface area contributed by atoms with Crippen molar-refractivity contribution in [2.45, 2.75) is 122 Å². The van der Waals surface area contributed by atoms with Crippen LogP contribution in [-0.4, -0.2) is 72.3 Å². The maximum Gasteiger partial charge on any atom is 0.245 e. The van der Waals surface area contributed by atoms with E-state index in [0.29, 0.717) is 44.7 Å². The van der Waals surface area contributed by atoms with Crippen LogP contribution in [0, 0.1) is 17.2 Å². The Morgan fingerprint density at radius 1 is 1.00 bits per heavy atom. The van der Waals surface area contributed by atoms with Crippen molar-refractivity contribution in [3.05, 3.63) is 35.6 Å². The number of nitrogens with zero attached hydrogens (tertiary/aromatic N) is 2. The third-order valence-electron chi connectivity index (χ3n) is 9.61. The summed E-state index contributed by atoms with van der Waals surface area (Å²) in [5.41, 5.74) is 0.0247. The van der Waals surface area contributed by atoms with Gasteiger partial charge in [-0.15, -0.1) is 0 Å². The highest BCUT2D eigenvalue weighted by Gasteiger charge is 2.49. The molecule has 2 heterocycles. The quantitative estimate of drug-likeness (QED) is 0.396. The standard InChI is InChI=1S/C26H38FN3O3.C8H17N/c1-25(2,3)29-24(33)26(20-7-5-4-6-8-20)13-15-30(16-14-26)23(32)22(28-18-31)17-19-9-11-21(27)12-10-19;1-3-8-6-4-5-7-9(8)2/h9-12,18,20,22H,4-8,13-17H2,1-3H3,(H,28,31)(H,29,33);8H,3-7H2,1-2H3/t22-;8-/m11/s1. The van der Waals surface area contributed by atoms with Gasteiger partial charge in [-0.2, -0.15) is 0 Å². The molecule has 42 heavy (non-hydrogen) atoms. The first-order valence-electron chi connectivity index (χ1n) is 16.2. The van der Waals surface area contributed by atoms with Crippen molar-refractivity contribution >= 4 is 18.2 Å². The van der Waals surface area contributed by atoms with Crippen molar-refractivity contribution in [2.24, 2.45) is 11.3 Å². The van der Waals surface area contributed by atoms with Crippen LogP contribution in [0.3, 0.4) is 0 Å². The first kappa shape index (κ1) is 34.0. The minimum atomic E-state index is -0.710. The van der Waals surface area contributed by atoms with Gasteiger partial charge in [-0.3, -0.25) is 14.4 Å². The molecule has 3 fully saturated rings. The predicted octanol–water partition coefficient (Wildman–Crippen LogP) is 5.47. The zero-order valence-electron chi connectivity index (χ0n) is 26.7. The van der Waals surface area contributed by atoms with Gasteiger partial charge >= 0.3 is 0 Å². The summed E-state index contributed by atoms with van der Waals surface area (Å²) in [4.78, 5) is 42.2. The summed E-state index contributed by atoms with van der Waals surface area (Å²) in [5.74, 6) is -0.0367. The second-order valence-corrected chi connectivity index (χ2v) is 13.7. The molecule has 1 aromatic carbocycles. The predicted molar refractivity (Wildman–Crippen MR) is 166 cm³/mol. The molecule has 0 bridgehead atoms. The molecule has 2 aliphatic heterocycles. The molecular formula is C34H55FN4O3. The van der Waals surface area contributed by atoms with E-state index in [4.69, 9.17) is 0 Å². The molecular weight excluding hydrogens is 531 g/mol. The highest BCUT2D eigenvalue weighted by Crippen LogP contribution is 2.46. The average molecular weight is 587 g/mol. The van der Waals surface area contributed by atoms with Gasteiger partial charge in [0, 0.05) is 31.1 Å². The number of nitrogens with one attached hydrogen (secondary N) is 2. The van der Waals surface area contributed by atoms with Gasteiger partial charge in [0.2, 0.25) is 18.2 Å². The number of rotatable bonds is 8. The average Bonchev–Trinajstić information content (AvgIpc) is 2.98. The summed E-state index contributed by atoms with van der Waals surface area (Å²) in [6.07, 6.45) is 13.4. The smallest absolute Gasteiger partial charge is 0.245 e. The summed E-state index contributed by atoms with van der Waals surface area (Å²) in [7, 11) is 2.24. The lowest BCUT2D eigenvalue weighted by atomic mass is 9.63. The zero-order chi connectivity index (χ0) is 30.8. The molecule has 3 aliphatic rings. The Labute approximate surface area is 253 Å². The van der Waals surface area contributed by atoms with Gasteiger partial charge in [-0.1, -0.05) is 44.7 Å². The van der Waals surface area contributed by atoms with Crippen LogP contribution in [0.4, 0.5) is 4.39 Å². The third-order valence-corrected chi connectivity index (χ3v) is 9.61. The molecule has 8 heteroatoms. The number of amides is 3. The number of hydrogen-bond acceptors (Lipinski definition) is 4. The van der Waals surface area contributed by atoms with Crippen LogP contribution in [0.15, 0.2) is 24.3 Å². The number of likely N-dealkylation sites (tertiary alicyclic amines) is 2. The summed E-state index contributed by atoms with van der Waals surface area (Å²) in [6, 6.07) is 6.14. The molecule has 0 aromatic heterocycles. The number of halogens is 1. The second kappa shape index (κ2) is 15.8. The minimum Gasteiger partial charge on any atom is -0.351 e. The van der Waals surface area contributed by atoms with Gasteiger partial charge in [0.05, 0.1) is 5.41 Å². The maximum absolute atomic E-state index is 13.5. The van der Waals surface area contributed by atoms with Gasteiger partial charge in [0.1, 0.15) is 11.9 Å². The molecule has 1 aromatic rings. The van der Waals surface area contributed by atoms with E-state index >= 15 is 0 Å². The lowest BCUT2D eigenvalue weighted by Gasteiger charge is -2.48. The number of carbonyl (C=O) groups excluding carboxylic acids is 3. The molecule has 0 spiro atoms. The van der Waals surface area contributed by atoms with Crippen molar-refractivity contribution in [3.63, 3.8) is 0 Å². The highest BCUT2D eigenvalue weighted by molar-refractivity contribution is 5.86. The van der Waals surface area contributed by atoms with E-state index in [0.717, 1.165) is 37.3 Å². The van der Waals surface area contributed by atoms with Crippen LogP contribution < -0.4 is 10.6 Å². The highest BCUT2D eigenvalue weighted by atomic mass is 19.1. The SMILES string of the molecule is CC(C)(C)NC(=O)C1(C2CCCCC2)CCN(C(=O)[C@@H](Cc2ccc(F)cc2)NC=O)CC1.CC[C@@H]1CCCCN1C. The molecule has 0 unspecified atom stereocenters. The fourth-order valence-electron chi connectivity index (χ4n) is 7.10. The monoisotopic (exact) mass is 586 g/mol. The van der Waals surface area contributed by atoms with Crippen LogP contribution >= 0.6 is 0 Å². The van der Waals surface area contributed by atoms with E-state index in [1.807, 2.05) is 20.8 Å². The molecule has 4 rings (SSSR count). The zero-order valence-corrected chi connectivity index (χ0v) is 26.7. The Balaban J connectivity index is 0.000000458. The molecule has 2 saturated heterocycles. The van der Waals surface area contributed by atoms with Gasteiger partial charge in [0.15, 0.2) is 0 Å². The van der Waals surface area contributed by atoms with E-state index in [1.165, 1.54) is 50.8 Å². The Morgan fingerprint density at radius 2 is 1.62 bits per heavy atom. The van der Waals surface area contributed by atoms with Gasteiger partial charge in [0.25, 0.3) is 0 Å². The minimum absolute atomic E-state index is 0.114. The first-order valence-corrected chi connectivity index (χ1v) is 16.2. The molecule has 7 nitrogen and oxygen atoms in total. The van der Waals surface area contributed by atoms with Crippen molar-refractivity contribution in [2.75, 3.05) is 26.7 Å². The molecule has 3 amide bonds. The molecule has 2 atom stereocenters. The first-order chi connectivity index (χ1) is 20.0. The van der Waals surface area contributed by atoms with Crippen molar-refractivity contribution in [1.29, 1.82) is 0 Å². The van der Waals surface area contributed by atoms with Crippen LogP contribution in [0.25, 0.3) is 0 Å². The molecule has 0 radical (unpaired) electrons. The van der Waals surface area contributed by atoms with Gasteiger partial charge in [-0.25, -0.2) is 4.39 Å². The summed E-state index contributed by atoms with van der Waals surface area (Å²) in [6.45, 7) is 10.6. The van der Waals surface area contributed by atoms with Crippen molar-refractivity contribution in [3.8, 4) is 0 Å². The summed E-state index contributed by atoms with van der Waals surface area (Å²) >= 11 is 0. The number of hydrogen-bond donors (Lipinski definition) is 2. The number of piperidine rings is 2. The molecule has 1 saturated carbocycles. The largest absolute Gasteiger partial charge is 0.351 e. The van der Waals surface area contributed by atoms with E-state index in [2.05, 4.69) is 29.5 Å². The normalized spacial score (nSPS) is 22.3. The van der Waals surface area contributed by atoms with Crippen LogP contribution in [0.2, 0.25) is 0 Å². The summed E-state index contributed by atoms with van der Waals surface area (Å²) < 4.78 is 13.2. The van der Waals surface area contributed by atoms with Crippen molar-refractivity contribution in [1.82, 2.24) is 20.4 Å². The number of benzene rings is 1. The Morgan fingerprint density at radius 3 is 2.14 bits per heavy atom. The lowest BCUT2D eigenvalue weighted by molar-refractivity contribution is -0.147. The molecule has 1 aliphatic carbocycles. The Bertz CT molecular complexity index is 995. The van der Waals surface area contributed by atoms with E-state index in [9.17, 15) is 18.8 Å². The van der Waals surface area contributed by atoms with Crippen molar-refractivity contribution < 1.29 is 18.8 Å². The number of carbonyl (C=O) groups is 3. The van der Waals surface area contributed by atoms with Crippen LogP contribution in [0.5, 0.6) is 0 Å². The molecule has 236 valence electrons. The fraction of sp³-hybridized carbons (Fsp3) is 0.735. The van der Waals surface area contributed by atoms with E-state index in [1.54, 1.807) is 17.0 Å². The fourth-order valence-corrected chi connectivity index (χ4v) is 7.10. The lowest BCUT2D eigenvalue weighted by Crippen LogP contribution is -2.58. The van der Waals surface area contributed by atoms with Crippen LogP contribution in [0.1, 0.15) is 104 Å². The third kappa shape index (κ3) is 9.51. The van der Waals surface area contributed by atoms with Gasteiger partial charge in [-0.05, 0) is 103 Å². The topological polar surface area (TPSA) is 81.8 Å². The molecule has 2 N–H and O–H groups in total. The summed E-state index contributed by atoms with van der Waals surface area (Å²) in [5, 5.41) is 5.86. The van der Waals surface area contributed by atoms with Gasteiger partial charge < -0.3 is 20.4 Å². The second-order valence-electron chi connectivity index (χ2n) is 13.7.